The summed E-state index contributed by atoms with van der Waals surface area (Å²) in [7, 11) is 0. The Hall–Kier alpha value is -3.21. The molecule has 0 fully saturated rings. The number of hydrogen-bond donors (Lipinski definition) is 1. The highest BCUT2D eigenvalue weighted by Crippen LogP contribution is 2.28. The number of anilines is 1. The average molecular weight is 350 g/mol. The molecule has 0 unspecified atom stereocenters. The molecule has 0 amide bonds. The predicted molar refractivity (Wildman–Crippen MR) is 99.6 cm³/mol. The van der Waals surface area contributed by atoms with Crippen molar-refractivity contribution in [3.8, 4) is 17.0 Å². The first-order chi connectivity index (χ1) is 12.3. The molecule has 2 N–H and O–H groups in total. The fourth-order valence-electron chi connectivity index (χ4n) is 2.47. The first kappa shape index (κ1) is 17.6. The van der Waals surface area contributed by atoms with Gasteiger partial charge in [-0.3, -0.25) is 4.98 Å². The van der Waals surface area contributed by atoms with Gasteiger partial charge in [-0.25, -0.2) is 9.18 Å². The zero-order chi connectivity index (χ0) is 18.7. The summed E-state index contributed by atoms with van der Waals surface area (Å²) < 4.78 is 19.4. The molecule has 0 radical (unpaired) electrons. The van der Waals surface area contributed by atoms with Crippen molar-refractivity contribution in [3.63, 3.8) is 0 Å². The monoisotopic (exact) mass is 350 g/mol. The summed E-state index contributed by atoms with van der Waals surface area (Å²) in [5, 5.41) is 0. The molecule has 132 valence electrons. The second kappa shape index (κ2) is 6.96. The molecule has 1 aromatic heterocycles. The van der Waals surface area contributed by atoms with Gasteiger partial charge in [0.25, 0.3) is 0 Å². The number of esters is 1. The molecule has 5 heteroatoms. The number of aromatic nitrogens is 1. The minimum absolute atomic E-state index is 0.320. The van der Waals surface area contributed by atoms with Crippen molar-refractivity contribution in [2.24, 2.45) is 0 Å². The fourth-order valence-corrected chi connectivity index (χ4v) is 2.47. The topological polar surface area (TPSA) is 65.2 Å². The van der Waals surface area contributed by atoms with Crippen LogP contribution in [0.15, 0.2) is 66.9 Å². The number of nitrogens with zero attached hydrogens (tertiary/aromatic N) is 1. The SMILES string of the molecule is CC(C)(F)c1ccnc(-c2ccc(C(=O)Oc3ccccc3N)cc2)c1. The van der Waals surface area contributed by atoms with Gasteiger partial charge >= 0.3 is 5.97 Å². The smallest absolute Gasteiger partial charge is 0.343 e. The van der Waals surface area contributed by atoms with Crippen LogP contribution in [0.1, 0.15) is 29.8 Å². The van der Waals surface area contributed by atoms with E-state index >= 15 is 0 Å². The minimum Gasteiger partial charge on any atom is -0.421 e. The third-order valence-corrected chi connectivity index (χ3v) is 3.98. The Labute approximate surface area is 151 Å². The van der Waals surface area contributed by atoms with E-state index in [1.54, 1.807) is 66.9 Å². The first-order valence-electron chi connectivity index (χ1n) is 8.17. The molecule has 3 aromatic rings. The van der Waals surface area contributed by atoms with E-state index in [1.807, 2.05) is 0 Å². The summed E-state index contributed by atoms with van der Waals surface area (Å²) >= 11 is 0. The number of alkyl halides is 1. The molecule has 3 rings (SSSR count). The van der Waals surface area contributed by atoms with E-state index in [-0.39, 0.29) is 0 Å². The molecular weight excluding hydrogens is 331 g/mol. The lowest BCUT2D eigenvalue weighted by Gasteiger charge is -2.15. The van der Waals surface area contributed by atoms with E-state index in [0.29, 0.717) is 28.3 Å². The largest absolute Gasteiger partial charge is 0.421 e. The van der Waals surface area contributed by atoms with E-state index in [2.05, 4.69) is 4.98 Å². The lowest BCUT2D eigenvalue weighted by Crippen LogP contribution is -2.10. The van der Waals surface area contributed by atoms with Crippen molar-refractivity contribution in [1.82, 2.24) is 4.98 Å². The van der Waals surface area contributed by atoms with Crippen LogP contribution in [0.2, 0.25) is 0 Å². The quantitative estimate of drug-likeness (QED) is 0.419. The number of halogens is 1. The third-order valence-electron chi connectivity index (χ3n) is 3.98. The van der Waals surface area contributed by atoms with Gasteiger partial charge in [0.1, 0.15) is 5.67 Å². The molecule has 0 spiro atoms. The van der Waals surface area contributed by atoms with Crippen LogP contribution in [0, 0.1) is 0 Å². The lowest BCUT2D eigenvalue weighted by molar-refractivity contribution is 0.0736. The molecule has 0 saturated carbocycles. The van der Waals surface area contributed by atoms with Gasteiger partial charge in [0.15, 0.2) is 5.75 Å². The Morgan fingerprint density at radius 2 is 1.77 bits per heavy atom. The van der Waals surface area contributed by atoms with E-state index < -0.39 is 11.6 Å². The normalized spacial score (nSPS) is 11.2. The maximum absolute atomic E-state index is 14.1. The fraction of sp³-hybridized carbons (Fsp3) is 0.143. The first-order valence-corrected chi connectivity index (χ1v) is 8.17. The van der Waals surface area contributed by atoms with Crippen molar-refractivity contribution in [2.75, 3.05) is 5.73 Å². The van der Waals surface area contributed by atoms with Gasteiger partial charge < -0.3 is 10.5 Å². The molecule has 2 aromatic carbocycles. The summed E-state index contributed by atoms with van der Waals surface area (Å²) in [6, 6.07) is 17.0. The number of carbonyl (C=O) groups excluding carboxylic acids is 1. The Morgan fingerprint density at radius 1 is 1.08 bits per heavy atom. The number of para-hydroxylation sites is 2. The van der Waals surface area contributed by atoms with E-state index in [0.717, 1.165) is 5.56 Å². The summed E-state index contributed by atoms with van der Waals surface area (Å²) in [5.74, 6) is -0.179. The Morgan fingerprint density at radius 3 is 2.42 bits per heavy atom. The molecule has 0 aliphatic carbocycles. The number of pyridine rings is 1. The van der Waals surface area contributed by atoms with E-state index in [9.17, 15) is 9.18 Å². The van der Waals surface area contributed by atoms with Crippen LogP contribution in [-0.4, -0.2) is 11.0 Å². The molecule has 0 bridgehead atoms. The number of nitrogen functional groups attached to an aromatic ring is 1. The van der Waals surface area contributed by atoms with Crippen molar-refractivity contribution in [1.29, 1.82) is 0 Å². The van der Waals surface area contributed by atoms with Gasteiger partial charge in [-0.2, -0.15) is 0 Å². The van der Waals surface area contributed by atoms with E-state index in [1.165, 1.54) is 13.8 Å². The van der Waals surface area contributed by atoms with Crippen molar-refractivity contribution in [3.05, 3.63) is 78.0 Å². The number of rotatable bonds is 4. The van der Waals surface area contributed by atoms with Crippen molar-refractivity contribution >= 4 is 11.7 Å². The Balaban J connectivity index is 1.81. The second-order valence-electron chi connectivity index (χ2n) is 6.41. The molecule has 0 aliphatic rings. The summed E-state index contributed by atoms with van der Waals surface area (Å²) in [4.78, 5) is 16.5. The lowest BCUT2D eigenvalue weighted by atomic mass is 9.99. The molecule has 26 heavy (non-hydrogen) atoms. The van der Waals surface area contributed by atoms with Crippen LogP contribution in [-0.2, 0) is 5.67 Å². The number of nitrogens with two attached hydrogens (primary N) is 1. The maximum Gasteiger partial charge on any atom is 0.343 e. The van der Waals surface area contributed by atoms with E-state index in [4.69, 9.17) is 10.5 Å². The standard InChI is InChI=1S/C21H19FN2O2/c1-21(2,22)16-11-12-24-18(13-16)14-7-9-15(10-8-14)20(25)26-19-6-4-3-5-17(19)23/h3-13H,23H2,1-2H3. The molecular formula is C21H19FN2O2. The third kappa shape index (κ3) is 3.88. The molecule has 1 heterocycles. The summed E-state index contributed by atoms with van der Waals surface area (Å²) in [6.07, 6.45) is 1.58. The van der Waals surface area contributed by atoms with Gasteiger partial charge in [-0.15, -0.1) is 0 Å². The maximum atomic E-state index is 14.1. The van der Waals surface area contributed by atoms with Gasteiger partial charge in [-0.05, 0) is 55.8 Å². The Kier molecular flexibility index (Phi) is 4.71. The summed E-state index contributed by atoms with van der Waals surface area (Å²) in [5.41, 5.74) is 7.09. The average Bonchev–Trinajstić information content (AvgIpc) is 2.63. The number of ether oxygens (including phenoxy) is 1. The predicted octanol–water partition coefficient (Wildman–Crippen LogP) is 4.75. The summed E-state index contributed by atoms with van der Waals surface area (Å²) in [6.45, 7) is 3.00. The zero-order valence-corrected chi connectivity index (χ0v) is 14.6. The second-order valence-corrected chi connectivity index (χ2v) is 6.41. The highest BCUT2D eigenvalue weighted by Gasteiger charge is 2.19. The van der Waals surface area contributed by atoms with Gasteiger partial charge in [0, 0.05) is 11.8 Å². The highest BCUT2D eigenvalue weighted by molar-refractivity contribution is 5.92. The van der Waals surface area contributed by atoms with Gasteiger partial charge in [0.05, 0.1) is 16.9 Å². The van der Waals surface area contributed by atoms with Gasteiger partial charge in [0.2, 0.25) is 0 Å². The Bertz CT molecular complexity index is 931. The van der Waals surface area contributed by atoms with Gasteiger partial charge in [-0.1, -0.05) is 24.3 Å². The van der Waals surface area contributed by atoms with Crippen molar-refractivity contribution < 1.29 is 13.9 Å². The molecule has 0 saturated heterocycles. The van der Waals surface area contributed by atoms with Crippen LogP contribution >= 0.6 is 0 Å². The molecule has 0 aliphatic heterocycles. The molecule has 0 atom stereocenters. The number of carbonyl (C=O) groups is 1. The molecule has 4 nitrogen and oxygen atoms in total. The van der Waals surface area contributed by atoms with Crippen LogP contribution in [0.5, 0.6) is 5.75 Å². The number of benzene rings is 2. The highest BCUT2D eigenvalue weighted by atomic mass is 19.1. The van der Waals surface area contributed by atoms with Crippen molar-refractivity contribution in [2.45, 2.75) is 19.5 Å². The van der Waals surface area contributed by atoms with Crippen LogP contribution in [0.3, 0.4) is 0 Å². The van der Waals surface area contributed by atoms with Crippen LogP contribution < -0.4 is 10.5 Å². The minimum atomic E-state index is -1.45. The zero-order valence-electron chi connectivity index (χ0n) is 14.6. The number of hydrogen-bond acceptors (Lipinski definition) is 4. The van der Waals surface area contributed by atoms with Crippen LogP contribution in [0.4, 0.5) is 10.1 Å². The van der Waals surface area contributed by atoms with Crippen LogP contribution in [0.25, 0.3) is 11.3 Å².